The zero-order valence-electron chi connectivity index (χ0n) is 13.2. The molecule has 0 aliphatic carbocycles. The van der Waals surface area contributed by atoms with Crippen molar-refractivity contribution < 1.29 is 19.1 Å². The molecule has 0 spiro atoms. The molecule has 0 radical (unpaired) electrons. The maximum atomic E-state index is 13.1. The molecular formula is C18H16ClFN2O3. The topological polar surface area (TPSA) is 69.6 Å². The van der Waals surface area contributed by atoms with Gasteiger partial charge in [-0.25, -0.2) is 14.0 Å². The number of halogens is 2. The molecule has 2 amide bonds. The van der Waals surface area contributed by atoms with Crippen LogP contribution < -0.4 is 5.32 Å². The predicted octanol–water partition coefficient (Wildman–Crippen LogP) is 4.23. The molecule has 130 valence electrons. The summed E-state index contributed by atoms with van der Waals surface area (Å²) >= 11 is 6.03. The SMILES string of the molecule is O=C(O)C1CCCN1C(=O)Nc1cc(Cl)ccc1-c1ccc(F)cc1. The molecule has 1 heterocycles. The molecule has 0 aromatic heterocycles. The molecule has 5 nitrogen and oxygen atoms in total. The van der Waals surface area contributed by atoms with Crippen molar-refractivity contribution in [1.29, 1.82) is 0 Å². The highest BCUT2D eigenvalue weighted by Gasteiger charge is 2.34. The summed E-state index contributed by atoms with van der Waals surface area (Å²) in [4.78, 5) is 25.1. The van der Waals surface area contributed by atoms with Crippen LogP contribution >= 0.6 is 11.6 Å². The summed E-state index contributed by atoms with van der Waals surface area (Å²) in [6, 6.07) is 9.53. The summed E-state index contributed by atoms with van der Waals surface area (Å²) in [7, 11) is 0. The van der Waals surface area contributed by atoms with E-state index in [1.165, 1.54) is 17.0 Å². The number of nitrogens with zero attached hydrogens (tertiary/aromatic N) is 1. The molecular weight excluding hydrogens is 347 g/mol. The number of nitrogens with one attached hydrogen (secondary N) is 1. The van der Waals surface area contributed by atoms with Gasteiger partial charge in [0.05, 0.1) is 5.69 Å². The molecule has 2 N–H and O–H groups in total. The minimum absolute atomic E-state index is 0.357. The van der Waals surface area contributed by atoms with Gasteiger partial charge in [0.2, 0.25) is 0 Å². The molecule has 2 aromatic rings. The number of amides is 2. The Hall–Kier alpha value is -2.60. The lowest BCUT2D eigenvalue weighted by Gasteiger charge is -2.23. The summed E-state index contributed by atoms with van der Waals surface area (Å²) < 4.78 is 13.1. The van der Waals surface area contributed by atoms with Gasteiger partial charge < -0.3 is 15.3 Å². The van der Waals surface area contributed by atoms with Gasteiger partial charge in [-0.1, -0.05) is 29.8 Å². The first-order valence-electron chi connectivity index (χ1n) is 7.81. The van der Waals surface area contributed by atoms with Crippen molar-refractivity contribution in [1.82, 2.24) is 4.90 Å². The Labute approximate surface area is 149 Å². The first-order valence-corrected chi connectivity index (χ1v) is 8.19. The third-order valence-electron chi connectivity index (χ3n) is 4.18. The summed E-state index contributed by atoms with van der Waals surface area (Å²) in [5.41, 5.74) is 1.83. The second-order valence-electron chi connectivity index (χ2n) is 5.82. The van der Waals surface area contributed by atoms with Crippen molar-refractivity contribution in [2.24, 2.45) is 0 Å². The zero-order valence-corrected chi connectivity index (χ0v) is 14.0. The van der Waals surface area contributed by atoms with Gasteiger partial charge in [0, 0.05) is 17.1 Å². The maximum Gasteiger partial charge on any atom is 0.326 e. The van der Waals surface area contributed by atoms with Gasteiger partial charge in [0.1, 0.15) is 11.9 Å². The molecule has 1 aliphatic rings. The van der Waals surface area contributed by atoms with Gasteiger partial charge >= 0.3 is 12.0 Å². The number of hydrogen-bond donors (Lipinski definition) is 2. The minimum atomic E-state index is -1.02. The second kappa shape index (κ2) is 7.11. The van der Waals surface area contributed by atoms with E-state index in [0.29, 0.717) is 41.2 Å². The molecule has 1 atom stereocenters. The monoisotopic (exact) mass is 362 g/mol. The summed E-state index contributed by atoms with van der Waals surface area (Å²) in [6.07, 6.45) is 1.08. The quantitative estimate of drug-likeness (QED) is 0.858. The number of carbonyl (C=O) groups excluding carboxylic acids is 1. The first-order chi connectivity index (χ1) is 12.0. The fraction of sp³-hybridized carbons (Fsp3) is 0.222. The van der Waals surface area contributed by atoms with Gasteiger partial charge in [-0.3, -0.25) is 0 Å². The Bertz CT molecular complexity index is 810. The van der Waals surface area contributed by atoms with Crippen LogP contribution in [0.3, 0.4) is 0 Å². The van der Waals surface area contributed by atoms with Crippen molar-refractivity contribution in [3.8, 4) is 11.1 Å². The minimum Gasteiger partial charge on any atom is -0.480 e. The third-order valence-corrected chi connectivity index (χ3v) is 4.41. The van der Waals surface area contributed by atoms with Crippen LogP contribution in [0.4, 0.5) is 14.9 Å². The molecule has 1 unspecified atom stereocenters. The van der Waals surface area contributed by atoms with Crippen LogP contribution in [0, 0.1) is 5.82 Å². The number of benzene rings is 2. The van der Waals surface area contributed by atoms with Gasteiger partial charge in [-0.2, -0.15) is 0 Å². The van der Waals surface area contributed by atoms with E-state index in [0.717, 1.165) is 0 Å². The van der Waals surface area contributed by atoms with E-state index < -0.39 is 18.0 Å². The maximum absolute atomic E-state index is 13.1. The average Bonchev–Trinajstić information content (AvgIpc) is 3.06. The van der Waals surface area contributed by atoms with Crippen LogP contribution in [0.15, 0.2) is 42.5 Å². The van der Waals surface area contributed by atoms with E-state index in [2.05, 4.69) is 5.32 Å². The van der Waals surface area contributed by atoms with Crippen LogP contribution in [0.5, 0.6) is 0 Å². The van der Waals surface area contributed by atoms with Crippen molar-refractivity contribution in [2.75, 3.05) is 11.9 Å². The van der Waals surface area contributed by atoms with Gasteiger partial charge in [0.15, 0.2) is 0 Å². The Morgan fingerprint density at radius 1 is 1.20 bits per heavy atom. The van der Waals surface area contributed by atoms with E-state index in [1.54, 1.807) is 30.3 Å². The number of urea groups is 1. The van der Waals surface area contributed by atoms with Crippen LogP contribution in [-0.2, 0) is 4.79 Å². The smallest absolute Gasteiger partial charge is 0.326 e. The fourth-order valence-corrected chi connectivity index (χ4v) is 3.13. The average molecular weight is 363 g/mol. The molecule has 0 bridgehead atoms. The zero-order chi connectivity index (χ0) is 18.0. The molecule has 0 saturated carbocycles. The number of hydrogen-bond acceptors (Lipinski definition) is 2. The van der Waals surface area contributed by atoms with Gasteiger partial charge in [0.25, 0.3) is 0 Å². The van der Waals surface area contributed by atoms with Gasteiger partial charge in [-0.05, 0) is 42.7 Å². The third kappa shape index (κ3) is 3.74. The van der Waals surface area contributed by atoms with Crippen molar-refractivity contribution >= 4 is 29.3 Å². The summed E-state index contributed by atoms with van der Waals surface area (Å²) in [6.45, 7) is 0.384. The molecule has 25 heavy (non-hydrogen) atoms. The van der Waals surface area contributed by atoms with Crippen molar-refractivity contribution in [3.05, 3.63) is 53.3 Å². The molecule has 1 aliphatic heterocycles. The number of anilines is 1. The van der Waals surface area contributed by atoms with Gasteiger partial charge in [-0.15, -0.1) is 0 Å². The molecule has 3 rings (SSSR count). The molecule has 1 saturated heterocycles. The van der Waals surface area contributed by atoms with Crippen molar-refractivity contribution in [2.45, 2.75) is 18.9 Å². The van der Waals surface area contributed by atoms with E-state index in [1.807, 2.05) is 0 Å². The van der Waals surface area contributed by atoms with Crippen molar-refractivity contribution in [3.63, 3.8) is 0 Å². The van der Waals surface area contributed by atoms with Crippen LogP contribution in [0.1, 0.15) is 12.8 Å². The fourth-order valence-electron chi connectivity index (χ4n) is 2.95. The Morgan fingerprint density at radius 3 is 2.60 bits per heavy atom. The van der Waals surface area contributed by atoms with Crippen LogP contribution in [0.2, 0.25) is 5.02 Å². The van der Waals surface area contributed by atoms with Crippen LogP contribution in [-0.4, -0.2) is 34.6 Å². The molecule has 7 heteroatoms. The summed E-state index contributed by atoms with van der Waals surface area (Å²) in [5, 5.41) is 12.4. The normalized spacial score (nSPS) is 16.7. The largest absolute Gasteiger partial charge is 0.480 e. The Balaban J connectivity index is 1.89. The number of rotatable bonds is 3. The molecule has 2 aromatic carbocycles. The number of carboxylic acids is 1. The number of likely N-dealkylation sites (tertiary alicyclic amines) is 1. The number of carboxylic acid groups (broad SMARTS) is 1. The van der Waals surface area contributed by atoms with Crippen LogP contribution in [0.25, 0.3) is 11.1 Å². The highest BCUT2D eigenvalue weighted by atomic mass is 35.5. The lowest BCUT2D eigenvalue weighted by atomic mass is 10.0. The molecule has 1 fully saturated rings. The van der Waals surface area contributed by atoms with E-state index in [-0.39, 0.29) is 5.82 Å². The Morgan fingerprint density at radius 2 is 1.92 bits per heavy atom. The highest BCUT2D eigenvalue weighted by molar-refractivity contribution is 6.31. The van der Waals surface area contributed by atoms with E-state index in [4.69, 9.17) is 11.6 Å². The number of aliphatic carboxylic acids is 1. The second-order valence-corrected chi connectivity index (χ2v) is 6.25. The number of carbonyl (C=O) groups is 2. The standard InChI is InChI=1S/C18H16ClFN2O3/c19-12-5-8-14(11-3-6-13(20)7-4-11)15(10-12)21-18(25)22-9-1-2-16(22)17(23)24/h3-8,10,16H,1-2,9H2,(H,21,25)(H,23,24). The lowest BCUT2D eigenvalue weighted by Crippen LogP contribution is -2.42. The van der Waals surface area contributed by atoms with E-state index in [9.17, 15) is 19.1 Å². The highest BCUT2D eigenvalue weighted by Crippen LogP contribution is 2.31. The lowest BCUT2D eigenvalue weighted by molar-refractivity contribution is -0.141. The first kappa shape index (κ1) is 17.2. The van der Waals surface area contributed by atoms with E-state index >= 15 is 0 Å². The Kier molecular flexibility index (Phi) is 4.90. The summed E-state index contributed by atoms with van der Waals surface area (Å²) in [5.74, 6) is -1.37. The predicted molar refractivity (Wildman–Crippen MR) is 93.2 cm³/mol.